The highest BCUT2D eigenvalue weighted by atomic mass is 127. The lowest BCUT2D eigenvalue weighted by Crippen LogP contribution is -2.19. The molecule has 7 nitrogen and oxygen atoms in total. The van der Waals surface area contributed by atoms with Crippen LogP contribution in [0.3, 0.4) is 0 Å². The molecule has 0 aromatic carbocycles. The number of carbonyl (C=O) groups excluding carboxylic acids is 1. The van der Waals surface area contributed by atoms with E-state index < -0.39 is 18.1 Å². The first-order valence-corrected chi connectivity index (χ1v) is 14.3. The van der Waals surface area contributed by atoms with Crippen LogP contribution in [0, 0.1) is 0 Å². The summed E-state index contributed by atoms with van der Waals surface area (Å²) in [6.45, 7) is 0. The van der Waals surface area contributed by atoms with Crippen molar-refractivity contribution < 1.29 is 34.1 Å². The van der Waals surface area contributed by atoms with Crippen molar-refractivity contribution in [3.8, 4) is 0 Å². The highest BCUT2D eigenvalue weighted by Crippen LogP contribution is 2.18. The summed E-state index contributed by atoms with van der Waals surface area (Å²) in [5.41, 5.74) is 0. The van der Waals surface area contributed by atoms with Crippen LogP contribution in [-0.2, 0) is 19.1 Å². The molecule has 33 heavy (non-hydrogen) atoms. The van der Waals surface area contributed by atoms with Gasteiger partial charge in [0.1, 0.15) is 10.7 Å². The zero-order chi connectivity index (χ0) is 24.6. The van der Waals surface area contributed by atoms with Crippen molar-refractivity contribution in [2.45, 2.75) is 135 Å². The molecule has 0 aliphatic heterocycles. The van der Waals surface area contributed by atoms with E-state index in [1.54, 1.807) is 0 Å². The number of ether oxygens (including phenoxy) is 2. The summed E-state index contributed by atoms with van der Waals surface area (Å²) in [6.07, 6.45) is 18.7. The Morgan fingerprint density at radius 3 is 1.24 bits per heavy atom. The molecule has 194 valence electrons. The van der Waals surface area contributed by atoms with Crippen LogP contribution in [0.1, 0.15) is 128 Å². The maximum atomic E-state index is 11.7. The van der Waals surface area contributed by atoms with Gasteiger partial charge in [0.25, 0.3) is 0 Å². The summed E-state index contributed by atoms with van der Waals surface area (Å²) in [6, 6.07) is 0. The number of carboxylic acids is 2. The SMILES string of the molecule is O=C(O)CCCCCCCCCCC(CCCCCCCCCCC(=O)O)OC(=O)OCI. The van der Waals surface area contributed by atoms with Gasteiger partial charge in [-0.05, 0) is 61.1 Å². The van der Waals surface area contributed by atoms with Crippen molar-refractivity contribution in [3.63, 3.8) is 0 Å². The third-order valence-corrected chi connectivity index (χ3v) is 6.08. The van der Waals surface area contributed by atoms with Crippen molar-refractivity contribution in [2.24, 2.45) is 0 Å². The average molecular weight is 585 g/mol. The van der Waals surface area contributed by atoms with Crippen molar-refractivity contribution >= 4 is 40.7 Å². The maximum Gasteiger partial charge on any atom is 0.509 e. The normalized spacial score (nSPS) is 11.0. The molecular weight excluding hydrogens is 539 g/mol. The third kappa shape index (κ3) is 25.4. The second-order valence-electron chi connectivity index (χ2n) is 8.76. The van der Waals surface area contributed by atoms with Gasteiger partial charge in [-0.1, -0.05) is 77.0 Å². The lowest BCUT2D eigenvalue weighted by Gasteiger charge is -2.17. The number of aliphatic carboxylic acids is 2. The monoisotopic (exact) mass is 584 g/mol. The lowest BCUT2D eigenvalue weighted by atomic mass is 10.0. The van der Waals surface area contributed by atoms with E-state index in [0.717, 1.165) is 103 Å². The molecule has 0 saturated heterocycles. The number of hydrogen-bond donors (Lipinski definition) is 2. The van der Waals surface area contributed by atoms with Crippen molar-refractivity contribution in [3.05, 3.63) is 0 Å². The van der Waals surface area contributed by atoms with E-state index in [4.69, 9.17) is 19.7 Å². The highest BCUT2D eigenvalue weighted by molar-refractivity contribution is 14.1. The third-order valence-electron chi connectivity index (χ3n) is 5.77. The maximum absolute atomic E-state index is 11.7. The van der Waals surface area contributed by atoms with Gasteiger partial charge in [-0.2, -0.15) is 0 Å². The van der Waals surface area contributed by atoms with Crippen LogP contribution in [0.5, 0.6) is 0 Å². The molecule has 0 aromatic rings. The van der Waals surface area contributed by atoms with Gasteiger partial charge in [0.15, 0.2) is 0 Å². The lowest BCUT2D eigenvalue weighted by molar-refractivity contribution is -0.138. The fourth-order valence-corrected chi connectivity index (χ4v) is 4.15. The van der Waals surface area contributed by atoms with E-state index in [9.17, 15) is 14.4 Å². The molecule has 0 fully saturated rings. The Balaban J connectivity index is 3.80. The predicted molar refractivity (Wildman–Crippen MR) is 138 cm³/mol. The molecule has 0 saturated carbocycles. The zero-order valence-electron chi connectivity index (χ0n) is 20.2. The minimum atomic E-state index is -0.709. The molecule has 0 aliphatic carbocycles. The van der Waals surface area contributed by atoms with Crippen LogP contribution >= 0.6 is 22.6 Å². The van der Waals surface area contributed by atoms with Crippen molar-refractivity contribution in [1.82, 2.24) is 0 Å². The minimum Gasteiger partial charge on any atom is -0.481 e. The van der Waals surface area contributed by atoms with E-state index in [0.29, 0.717) is 4.61 Å². The highest BCUT2D eigenvalue weighted by Gasteiger charge is 2.15. The van der Waals surface area contributed by atoms with Crippen molar-refractivity contribution in [2.75, 3.05) is 4.61 Å². The Bertz CT molecular complexity index is 465. The van der Waals surface area contributed by atoms with Crippen LogP contribution in [0.15, 0.2) is 0 Å². The number of alkyl halides is 1. The molecule has 2 N–H and O–H groups in total. The summed E-state index contributed by atoms with van der Waals surface area (Å²) in [5.74, 6) is -1.42. The summed E-state index contributed by atoms with van der Waals surface area (Å²) >= 11 is 1.99. The molecular formula is C25H45IO7. The Labute approximate surface area is 213 Å². The van der Waals surface area contributed by atoms with Crippen LogP contribution in [0.4, 0.5) is 4.79 Å². The summed E-state index contributed by atoms with van der Waals surface area (Å²) in [5, 5.41) is 17.3. The fourth-order valence-electron chi connectivity index (χ4n) is 3.89. The summed E-state index contributed by atoms with van der Waals surface area (Å²) in [7, 11) is 0. The predicted octanol–water partition coefficient (Wildman–Crippen LogP) is 7.87. The van der Waals surface area contributed by atoms with Crippen LogP contribution in [0.2, 0.25) is 0 Å². The van der Waals surface area contributed by atoms with E-state index in [1.165, 1.54) is 12.8 Å². The quantitative estimate of drug-likeness (QED) is 0.0514. The van der Waals surface area contributed by atoms with Gasteiger partial charge < -0.3 is 19.7 Å². The van der Waals surface area contributed by atoms with E-state index in [1.807, 2.05) is 22.6 Å². The summed E-state index contributed by atoms with van der Waals surface area (Å²) in [4.78, 5) is 32.7. The molecule has 0 amide bonds. The van der Waals surface area contributed by atoms with Gasteiger partial charge >= 0.3 is 18.1 Å². The second kappa shape index (κ2) is 24.1. The first kappa shape index (κ1) is 31.9. The first-order chi connectivity index (χ1) is 16.0. The minimum absolute atomic E-state index is 0.0764. The summed E-state index contributed by atoms with van der Waals surface area (Å²) < 4.78 is 10.7. The topological polar surface area (TPSA) is 110 Å². The number of carboxylic acid groups (broad SMARTS) is 2. The van der Waals surface area contributed by atoms with Crippen LogP contribution in [-0.4, -0.2) is 39.0 Å². The van der Waals surface area contributed by atoms with E-state index >= 15 is 0 Å². The molecule has 0 spiro atoms. The number of halogens is 1. The van der Waals surface area contributed by atoms with Gasteiger partial charge in [-0.25, -0.2) is 4.79 Å². The van der Waals surface area contributed by atoms with Gasteiger partial charge in [-0.15, -0.1) is 0 Å². The van der Waals surface area contributed by atoms with E-state index in [2.05, 4.69) is 0 Å². The molecule has 0 rings (SSSR count). The van der Waals surface area contributed by atoms with Crippen molar-refractivity contribution in [1.29, 1.82) is 0 Å². The number of unbranched alkanes of at least 4 members (excludes halogenated alkanes) is 14. The zero-order valence-corrected chi connectivity index (χ0v) is 22.4. The molecule has 0 unspecified atom stereocenters. The Morgan fingerprint density at radius 2 is 0.909 bits per heavy atom. The second-order valence-corrected chi connectivity index (χ2v) is 9.39. The molecule has 0 radical (unpaired) electrons. The smallest absolute Gasteiger partial charge is 0.481 e. The van der Waals surface area contributed by atoms with Gasteiger partial charge in [-0.3, -0.25) is 9.59 Å². The van der Waals surface area contributed by atoms with E-state index in [-0.39, 0.29) is 18.9 Å². The number of carbonyl (C=O) groups is 3. The van der Waals surface area contributed by atoms with Gasteiger partial charge in [0, 0.05) is 12.8 Å². The molecule has 8 heteroatoms. The molecule has 0 heterocycles. The molecule has 0 atom stereocenters. The first-order valence-electron chi connectivity index (χ1n) is 12.8. The average Bonchev–Trinajstić information content (AvgIpc) is 2.75. The molecule has 0 aliphatic rings. The Hall–Kier alpha value is -1.06. The Kier molecular flexibility index (Phi) is 23.3. The Morgan fingerprint density at radius 1 is 0.576 bits per heavy atom. The van der Waals surface area contributed by atoms with Gasteiger partial charge in [0.05, 0.1) is 0 Å². The number of rotatable bonds is 24. The van der Waals surface area contributed by atoms with Crippen LogP contribution < -0.4 is 0 Å². The van der Waals surface area contributed by atoms with Crippen LogP contribution in [0.25, 0.3) is 0 Å². The van der Waals surface area contributed by atoms with Gasteiger partial charge in [0.2, 0.25) is 0 Å². The largest absolute Gasteiger partial charge is 0.509 e. The fraction of sp³-hybridized carbons (Fsp3) is 0.880. The molecule has 0 aromatic heterocycles. The standard InChI is InChI=1S/C25H45IO7/c26-21-32-25(31)33-22(17-13-9-5-1-3-7-11-15-19-23(27)28)18-14-10-6-2-4-8-12-16-20-24(29)30/h22H,1-21H2,(H,27,28)(H,29,30). The number of hydrogen-bond acceptors (Lipinski definition) is 5. The molecule has 0 bridgehead atoms.